The van der Waals surface area contributed by atoms with Crippen LogP contribution >= 0.6 is 0 Å². The molecule has 1 heterocycles. The van der Waals surface area contributed by atoms with E-state index in [0.717, 1.165) is 6.42 Å². The zero-order valence-electron chi connectivity index (χ0n) is 10.8. The molecule has 0 saturated carbocycles. The maximum atomic E-state index is 12.3. The fraction of sp³-hybridized carbons (Fsp3) is 0.833. The van der Waals surface area contributed by atoms with E-state index in [-0.39, 0.29) is 23.9 Å². The minimum atomic E-state index is -0.729. The first-order valence-corrected chi connectivity index (χ1v) is 6.02. The van der Waals surface area contributed by atoms with Crippen molar-refractivity contribution in [1.82, 2.24) is 10.2 Å². The third-order valence-electron chi connectivity index (χ3n) is 3.68. The van der Waals surface area contributed by atoms with Crippen molar-refractivity contribution in [3.63, 3.8) is 0 Å². The van der Waals surface area contributed by atoms with Gasteiger partial charge >= 0.3 is 0 Å². The Morgan fingerprint density at radius 2 is 2.00 bits per heavy atom. The fourth-order valence-electron chi connectivity index (χ4n) is 2.04. The summed E-state index contributed by atoms with van der Waals surface area (Å²) in [5, 5.41) is 2.82. The van der Waals surface area contributed by atoms with E-state index in [4.69, 9.17) is 0 Å². The molecule has 4 heteroatoms. The topological polar surface area (TPSA) is 49.4 Å². The number of carbonyl (C=O) groups excluding carboxylic acids is 2. The molecule has 4 nitrogen and oxygen atoms in total. The summed E-state index contributed by atoms with van der Waals surface area (Å²) in [4.78, 5) is 25.9. The van der Waals surface area contributed by atoms with Gasteiger partial charge in [0.05, 0.1) is 0 Å². The molecule has 2 amide bonds. The second-order valence-electron chi connectivity index (χ2n) is 4.82. The van der Waals surface area contributed by atoms with Crippen molar-refractivity contribution in [3.05, 3.63) is 0 Å². The Bertz CT molecular complexity index is 303. The van der Waals surface area contributed by atoms with E-state index in [1.165, 1.54) is 0 Å². The Kier molecular flexibility index (Phi) is 3.61. The van der Waals surface area contributed by atoms with Crippen LogP contribution in [0.5, 0.6) is 0 Å². The molecule has 0 aromatic rings. The molecule has 1 rings (SSSR count). The highest BCUT2D eigenvalue weighted by Crippen LogP contribution is 2.24. The number of hydrogen-bond acceptors (Lipinski definition) is 2. The molecular weight excluding hydrogens is 204 g/mol. The highest BCUT2D eigenvalue weighted by Gasteiger charge is 2.46. The first kappa shape index (κ1) is 13.0. The van der Waals surface area contributed by atoms with Gasteiger partial charge in [-0.2, -0.15) is 0 Å². The molecule has 3 atom stereocenters. The molecule has 1 N–H and O–H groups in total. The van der Waals surface area contributed by atoms with Crippen LogP contribution in [0.15, 0.2) is 0 Å². The van der Waals surface area contributed by atoms with E-state index in [0.29, 0.717) is 6.42 Å². The molecule has 1 aliphatic heterocycles. The molecule has 16 heavy (non-hydrogen) atoms. The Labute approximate surface area is 97.4 Å². The average molecular weight is 226 g/mol. The summed E-state index contributed by atoms with van der Waals surface area (Å²) < 4.78 is 0. The molecule has 0 spiro atoms. The Balaban J connectivity index is 3.04. The summed E-state index contributed by atoms with van der Waals surface area (Å²) >= 11 is 0. The van der Waals surface area contributed by atoms with Crippen LogP contribution in [-0.2, 0) is 9.59 Å². The number of rotatable bonds is 3. The molecule has 1 fully saturated rings. The van der Waals surface area contributed by atoms with E-state index in [1.807, 2.05) is 20.8 Å². The predicted molar refractivity (Wildman–Crippen MR) is 62.9 cm³/mol. The van der Waals surface area contributed by atoms with Gasteiger partial charge in [-0.05, 0) is 33.6 Å². The van der Waals surface area contributed by atoms with Crippen LogP contribution in [-0.4, -0.2) is 34.3 Å². The monoisotopic (exact) mass is 226 g/mol. The second kappa shape index (κ2) is 4.44. The van der Waals surface area contributed by atoms with Gasteiger partial charge in [0.25, 0.3) is 0 Å². The quantitative estimate of drug-likeness (QED) is 0.788. The number of nitrogens with zero attached hydrogens (tertiary/aromatic N) is 1. The Morgan fingerprint density at radius 3 is 2.44 bits per heavy atom. The molecule has 0 bridgehead atoms. The summed E-state index contributed by atoms with van der Waals surface area (Å²) in [6, 6.07) is -0.249. The van der Waals surface area contributed by atoms with E-state index >= 15 is 0 Å². The zero-order valence-corrected chi connectivity index (χ0v) is 10.8. The normalized spacial score (nSPS) is 32.6. The van der Waals surface area contributed by atoms with E-state index in [1.54, 1.807) is 18.7 Å². The van der Waals surface area contributed by atoms with Gasteiger partial charge in [0.15, 0.2) is 0 Å². The summed E-state index contributed by atoms with van der Waals surface area (Å²) in [6.45, 7) is 9.52. The van der Waals surface area contributed by atoms with E-state index in [9.17, 15) is 9.59 Å². The van der Waals surface area contributed by atoms with E-state index < -0.39 is 5.54 Å². The van der Waals surface area contributed by atoms with Gasteiger partial charge in [-0.25, -0.2) is 0 Å². The molecule has 3 unspecified atom stereocenters. The molecule has 0 aliphatic carbocycles. The van der Waals surface area contributed by atoms with Crippen molar-refractivity contribution >= 4 is 11.8 Å². The molecule has 1 saturated heterocycles. The Hall–Kier alpha value is -1.06. The van der Waals surface area contributed by atoms with Crippen LogP contribution in [0, 0.1) is 0 Å². The lowest BCUT2D eigenvalue weighted by molar-refractivity contribution is -0.156. The van der Waals surface area contributed by atoms with Gasteiger partial charge < -0.3 is 10.2 Å². The maximum absolute atomic E-state index is 12.3. The van der Waals surface area contributed by atoms with Crippen LogP contribution in [0.2, 0.25) is 0 Å². The van der Waals surface area contributed by atoms with E-state index in [2.05, 4.69) is 5.32 Å². The van der Waals surface area contributed by atoms with Crippen LogP contribution in [0.4, 0.5) is 0 Å². The van der Waals surface area contributed by atoms with Gasteiger partial charge in [-0.1, -0.05) is 13.8 Å². The second-order valence-corrected chi connectivity index (χ2v) is 4.82. The smallest absolute Gasteiger partial charge is 0.248 e. The first-order valence-electron chi connectivity index (χ1n) is 6.02. The molecule has 0 aromatic heterocycles. The highest BCUT2D eigenvalue weighted by molar-refractivity contribution is 5.99. The lowest BCUT2D eigenvalue weighted by atomic mass is 9.91. The SMILES string of the molecule is CCC(C)N1C(=O)C(C)(CC)NC(=O)C1C. The van der Waals surface area contributed by atoms with Gasteiger partial charge in [0, 0.05) is 6.04 Å². The number of nitrogens with one attached hydrogen (secondary N) is 1. The third-order valence-corrected chi connectivity index (χ3v) is 3.68. The van der Waals surface area contributed by atoms with Crippen molar-refractivity contribution in [2.24, 2.45) is 0 Å². The molecule has 0 aromatic carbocycles. The van der Waals surface area contributed by atoms with Gasteiger partial charge in [0.1, 0.15) is 11.6 Å². The first-order chi connectivity index (χ1) is 7.37. The predicted octanol–water partition coefficient (Wildman–Crippen LogP) is 1.30. The van der Waals surface area contributed by atoms with Crippen molar-refractivity contribution < 1.29 is 9.59 Å². The summed E-state index contributed by atoms with van der Waals surface area (Å²) in [5.41, 5.74) is -0.729. The number of carbonyl (C=O) groups is 2. The third kappa shape index (κ3) is 1.93. The standard InChI is InChI=1S/C12H22N2O2/c1-6-8(3)14-9(4)10(15)13-12(5,7-2)11(14)16/h8-9H,6-7H2,1-5H3,(H,13,15). The zero-order chi connectivity index (χ0) is 12.5. The van der Waals surface area contributed by atoms with Crippen molar-refractivity contribution in [2.45, 2.75) is 65.1 Å². The highest BCUT2D eigenvalue weighted by atomic mass is 16.2. The van der Waals surface area contributed by atoms with Gasteiger partial charge in [-0.3, -0.25) is 9.59 Å². The number of hydrogen-bond donors (Lipinski definition) is 1. The Morgan fingerprint density at radius 1 is 1.44 bits per heavy atom. The summed E-state index contributed by atoms with van der Waals surface area (Å²) in [7, 11) is 0. The lowest BCUT2D eigenvalue weighted by Gasteiger charge is -2.45. The summed E-state index contributed by atoms with van der Waals surface area (Å²) in [5.74, 6) is -0.0132. The molecule has 1 aliphatic rings. The summed E-state index contributed by atoms with van der Waals surface area (Å²) in [6.07, 6.45) is 1.49. The van der Waals surface area contributed by atoms with Crippen LogP contribution in [0.25, 0.3) is 0 Å². The van der Waals surface area contributed by atoms with Crippen molar-refractivity contribution in [3.8, 4) is 0 Å². The van der Waals surface area contributed by atoms with Gasteiger partial charge in [-0.15, -0.1) is 0 Å². The molecule has 92 valence electrons. The number of amides is 2. The van der Waals surface area contributed by atoms with Crippen LogP contribution in [0.1, 0.15) is 47.5 Å². The lowest BCUT2D eigenvalue weighted by Crippen LogP contribution is -2.69. The fourth-order valence-corrected chi connectivity index (χ4v) is 2.04. The molecular formula is C12H22N2O2. The largest absolute Gasteiger partial charge is 0.340 e. The van der Waals surface area contributed by atoms with Gasteiger partial charge in [0.2, 0.25) is 11.8 Å². The van der Waals surface area contributed by atoms with Crippen LogP contribution in [0.3, 0.4) is 0 Å². The minimum absolute atomic E-state index is 0.0384. The number of piperazine rings is 1. The average Bonchev–Trinajstić information content (AvgIpc) is 2.26. The van der Waals surface area contributed by atoms with Crippen molar-refractivity contribution in [2.75, 3.05) is 0 Å². The molecule has 0 radical (unpaired) electrons. The maximum Gasteiger partial charge on any atom is 0.248 e. The van der Waals surface area contributed by atoms with Crippen LogP contribution < -0.4 is 5.32 Å². The minimum Gasteiger partial charge on any atom is -0.340 e. The van der Waals surface area contributed by atoms with Crippen molar-refractivity contribution in [1.29, 1.82) is 0 Å².